The fraction of sp³-hybridized carbons (Fsp3) is 0.294. The van der Waals surface area contributed by atoms with Crippen molar-refractivity contribution in [3.63, 3.8) is 0 Å². The van der Waals surface area contributed by atoms with Gasteiger partial charge in [-0.3, -0.25) is 20.2 Å². The summed E-state index contributed by atoms with van der Waals surface area (Å²) in [5.41, 5.74) is 1.93. The molecule has 0 saturated heterocycles. The topological polar surface area (TPSA) is 182 Å². The lowest BCUT2D eigenvalue weighted by atomic mass is 9.74. The van der Waals surface area contributed by atoms with E-state index in [0.717, 1.165) is 0 Å². The maximum Gasteiger partial charge on any atom is 0.342 e. The fourth-order valence-corrected chi connectivity index (χ4v) is 6.34. The molecule has 0 spiro atoms. The first-order valence-corrected chi connectivity index (χ1v) is 14.4. The largest absolute Gasteiger partial charge is 0.466 e. The lowest BCUT2D eigenvalue weighted by Gasteiger charge is -2.31. The number of rotatable bonds is 8. The van der Waals surface area contributed by atoms with Gasteiger partial charge in [-0.05, 0) is 51.7 Å². The number of carbonyl (C=O) groups excluding carboxylic acids is 4. The number of carbonyl (C=O) groups is 4. The van der Waals surface area contributed by atoms with Crippen molar-refractivity contribution in [2.45, 2.75) is 52.4 Å². The van der Waals surface area contributed by atoms with Crippen LogP contribution in [0.4, 0.5) is 11.4 Å². The van der Waals surface area contributed by atoms with Crippen LogP contribution in [-0.4, -0.2) is 47.9 Å². The zero-order chi connectivity index (χ0) is 34.7. The lowest BCUT2D eigenvalue weighted by Crippen LogP contribution is -2.30. The first kappa shape index (κ1) is 34.2. The highest BCUT2D eigenvalue weighted by Crippen LogP contribution is 2.46. The van der Waals surface area contributed by atoms with Crippen LogP contribution in [0.15, 0.2) is 93.1 Å². The number of ether oxygens (including phenoxy) is 3. The molecule has 4 rings (SSSR count). The number of allylic oxidation sites excluding steroid dienone is 4. The Hall–Kier alpha value is -5.72. The predicted octanol–water partition coefficient (Wildman–Crippen LogP) is 5.86. The van der Waals surface area contributed by atoms with E-state index in [1.807, 2.05) is 0 Å². The van der Waals surface area contributed by atoms with Crippen LogP contribution in [0.2, 0.25) is 0 Å². The second-order valence-corrected chi connectivity index (χ2v) is 11.4. The maximum atomic E-state index is 14.0. The van der Waals surface area contributed by atoms with E-state index in [4.69, 9.17) is 14.2 Å². The Morgan fingerprint density at radius 2 is 0.915 bits per heavy atom. The van der Waals surface area contributed by atoms with Crippen molar-refractivity contribution >= 4 is 35.3 Å². The molecule has 244 valence electrons. The van der Waals surface area contributed by atoms with Crippen LogP contribution in [0.25, 0.3) is 0 Å². The van der Waals surface area contributed by atoms with Gasteiger partial charge in [0, 0.05) is 58.4 Å². The third-order valence-corrected chi connectivity index (χ3v) is 8.32. The molecule has 0 amide bonds. The number of hydrogen-bond acceptors (Lipinski definition) is 11. The van der Waals surface area contributed by atoms with Crippen molar-refractivity contribution in [2.24, 2.45) is 0 Å². The molecule has 0 saturated carbocycles. The van der Waals surface area contributed by atoms with Crippen LogP contribution in [-0.2, 0) is 33.4 Å². The molecular weight excluding hydrogens is 612 g/mol. The molecule has 0 fully saturated rings. The number of methoxy groups -OCH3 is 2. The molecule has 2 aliphatic carbocycles. The summed E-state index contributed by atoms with van der Waals surface area (Å²) in [7, 11) is 2.33. The number of esters is 4. The van der Waals surface area contributed by atoms with Crippen LogP contribution in [0.3, 0.4) is 0 Å². The van der Waals surface area contributed by atoms with Crippen molar-refractivity contribution in [2.75, 3.05) is 14.2 Å². The summed E-state index contributed by atoms with van der Waals surface area (Å²) < 4.78 is 15.5. The summed E-state index contributed by atoms with van der Waals surface area (Å²) in [6, 6.07) is 10.9. The minimum Gasteiger partial charge on any atom is -0.466 e. The van der Waals surface area contributed by atoms with Crippen molar-refractivity contribution < 1.29 is 43.2 Å². The molecule has 2 aromatic carbocycles. The lowest BCUT2D eigenvalue weighted by molar-refractivity contribution is -0.385. The Labute approximate surface area is 269 Å². The summed E-state index contributed by atoms with van der Waals surface area (Å²) in [6.45, 7) is 6.61. The van der Waals surface area contributed by atoms with Gasteiger partial charge in [-0.2, -0.15) is 0 Å². The van der Waals surface area contributed by atoms with Crippen molar-refractivity contribution in [3.8, 4) is 0 Å². The molecule has 0 N–H and O–H groups in total. The molecule has 2 aliphatic rings. The summed E-state index contributed by atoms with van der Waals surface area (Å²) in [6.07, 6.45) is 0.307. The average Bonchev–Trinajstić information content (AvgIpc) is 3.03. The summed E-state index contributed by atoms with van der Waals surface area (Å²) >= 11 is 0. The van der Waals surface area contributed by atoms with E-state index in [9.17, 15) is 39.4 Å². The first-order chi connectivity index (χ1) is 22.2. The van der Waals surface area contributed by atoms with Gasteiger partial charge in [0.1, 0.15) is 0 Å². The summed E-state index contributed by atoms with van der Waals surface area (Å²) in [4.78, 5) is 76.1. The molecule has 0 bridgehead atoms. The number of non-ortho nitro benzene ring substituents is 2. The molecular formula is C34H32N2O11. The number of benzene rings is 2. The molecule has 13 nitrogen and oxygen atoms in total. The Balaban J connectivity index is 1.83. The van der Waals surface area contributed by atoms with E-state index in [1.165, 1.54) is 62.8 Å². The highest BCUT2D eigenvalue weighted by atomic mass is 16.6. The minimum absolute atomic E-state index is 0.0760. The average molecular weight is 645 g/mol. The van der Waals surface area contributed by atoms with Gasteiger partial charge in [0.05, 0.1) is 24.1 Å². The van der Waals surface area contributed by atoms with E-state index in [1.54, 1.807) is 27.7 Å². The van der Waals surface area contributed by atoms with Crippen LogP contribution < -0.4 is 0 Å². The number of nitrogens with zero attached hydrogens (tertiary/aromatic N) is 2. The van der Waals surface area contributed by atoms with Crippen molar-refractivity contribution in [3.05, 3.63) is 124 Å². The van der Waals surface area contributed by atoms with Crippen LogP contribution in [0, 0.1) is 20.2 Å². The molecule has 0 radical (unpaired) electrons. The van der Waals surface area contributed by atoms with E-state index in [0.29, 0.717) is 22.3 Å². The molecule has 0 aliphatic heterocycles. The molecule has 2 atom stereocenters. The SMILES string of the molecule is COC(=O)C1=C(C)CC(C)=C(C(=O)OC(=O)C2=C(C)CC(C)=C(C(=O)OC)C2c2cccc([N+](=O)[O-])c2)C1c1cccc([N+](=O)[O-])c1. The van der Waals surface area contributed by atoms with Gasteiger partial charge in [0.2, 0.25) is 0 Å². The fourth-order valence-electron chi connectivity index (χ4n) is 6.34. The summed E-state index contributed by atoms with van der Waals surface area (Å²) in [5, 5.41) is 23.2. The van der Waals surface area contributed by atoms with Crippen molar-refractivity contribution in [1.82, 2.24) is 0 Å². The Bertz CT molecular complexity index is 1730. The zero-order valence-corrected chi connectivity index (χ0v) is 26.6. The van der Waals surface area contributed by atoms with Gasteiger partial charge < -0.3 is 14.2 Å². The predicted molar refractivity (Wildman–Crippen MR) is 167 cm³/mol. The monoisotopic (exact) mass is 644 g/mol. The van der Waals surface area contributed by atoms with Gasteiger partial charge in [0.25, 0.3) is 11.4 Å². The Morgan fingerprint density at radius 1 is 0.596 bits per heavy atom. The Kier molecular flexibility index (Phi) is 9.98. The molecule has 13 heteroatoms. The highest BCUT2D eigenvalue weighted by Gasteiger charge is 2.42. The quantitative estimate of drug-likeness (QED) is 0.110. The van der Waals surface area contributed by atoms with Gasteiger partial charge >= 0.3 is 23.9 Å². The van der Waals surface area contributed by atoms with Gasteiger partial charge in [-0.25, -0.2) is 19.2 Å². The smallest absolute Gasteiger partial charge is 0.342 e. The van der Waals surface area contributed by atoms with E-state index in [-0.39, 0.29) is 57.6 Å². The molecule has 2 unspecified atom stereocenters. The van der Waals surface area contributed by atoms with Crippen LogP contribution in [0.5, 0.6) is 0 Å². The molecule has 47 heavy (non-hydrogen) atoms. The first-order valence-electron chi connectivity index (χ1n) is 14.4. The third kappa shape index (κ3) is 6.64. The van der Waals surface area contributed by atoms with Gasteiger partial charge in [-0.15, -0.1) is 0 Å². The van der Waals surface area contributed by atoms with Gasteiger partial charge in [0.15, 0.2) is 0 Å². The van der Waals surface area contributed by atoms with Gasteiger partial charge in [-0.1, -0.05) is 46.6 Å². The van der Waals surface area contributed by atoms with E-state index < -0.39 is 45.6 Å². The second kappa shape index (κ2) is 13.7. The standard InChI is InChI=1S/C34H32N2O11/c1-17-13-19(3)27(29(25(17)31(37)45-5)21-9-7-11-23(15-21)35(41)42)33(39)47-34(40)28-20(4)14-18(2)26(32(38)46-6)30(28)22-10-8-12-24(16-22)36(43)44/h7-12,15-16,29-30H,13-14H2,1-6H3. The number of hydrogen-bond donors (Lipinski definition) is 0. The number of nitro benzene ring substituents is 2. The normalized spacial score (nSPS) is 18.2. The third-order valence-electron chi connectivity index (χ3n) is 8.32. The second-order valence-electron chi connectivity index (χ2n) is 11.4. The maximum absolute atomic E-state index is 14.0. The Morgan fingerprint density at radius 3 is 1.21 bits per heavy atom. The zero-order valence-electron chi connectivity index (χ0n) is 26.6. The van der Waals surface area contributed by atoms with Crippen LogP contribution in [0.1, 0.15) is 63.5 Å². The highest BCUT2D eigenvalue weighted by molar-refractivity contribution is 6.08. The minimum atomic E-state index is -1.17. The molecule has 2 aromatic rings. The van der Waals surface area contributed by atoms with E-state index in [2.05, 4.69) is 0 Å². The van der Waals surface area contributed by atoms with Crippen molar-refractivity contribution in [1.29, 1.82) is 0 Å². The molecule has 0 aromatic heterocycles. The summed E-state index contributed by atoms with van der Waals surface area (Å²) in [5.74, 6) is -6.08. The molecule has 0 heterocycles. The van der Waals surface area contributed by atoms with E-state index >= 15 is 0 Å². The van der Waals surface area contributed by atoms with Crippen LogP contribution >= 0.6 is 0 Å². The number of nitro groups is 2.